The first kappa shape index (κ1) is 16.4. The van der Waals surface area contributed by atoms with E-state index in [1.165, 1.54) is 6.33 Å². The van der Waals surface area contributed by atoms with Crippen molar-refractivity contribution in [2.75, 3.05) is 11.9 Å². The van der Waals surface area contributed by atoms with Crippen LogP contribution in [0.4, 0.5) is 5.82 Å². The summed E-state index contributed by atoms with van der Waals surface area (Å²) in [6, 6.07) is -0.408. The van der Waals surface area contributed by atoms with Crippen molar-refractivity contribution in [3.63, 3.8) is 0 Å². The van der Waals surface area contributed by atoms with Gasteiger partial charge in [-0.05, 0) is 38.7 Å². The second-order valence-corrected chi connectivity index (χ2v) is 6.31. The summed E-state index contributed by atoms with van der Waals surface area (Å²) in [5.74, 6) is 0.383. The molecule has 0 unspecified atom stereocenters. The summed E-state index contributed by atoms with van der Waals surface area (Å²) in [4.78, 5) is 38.3. The van der Waals surface area contributed by atoms with Crippen LogP contribution in [0.3, 0.4) is 0 Å². The van der Waals surface area contributed by atoms with E-state index in [1.807, 2.05) is 20.8 Å². The van der Waals surface area contributed by atoms with Gasteiger partial charge < -0.3 is 15.2 Å². The number of amides is 2. The molecule has 7 heteroatoms. The highest BCUT2D eigenvalue weighted by atomic mass is 16.2. The molecular formula is C17H23N5O2. The quantitative estimate of drug-likeness (QED) is 0.900. The Morgan fingerprint density at radius 3 is 2.92 bits per heavy atom. The van der Waals surface area contributed by atoms with Crippen molar-refractivity contribution >= 4 is 28.7 Å². The first-order chi connectivity index (χ1) is 11.5. The molecule has 0 spiro atoms. The predicted molar refractivity (Wildman–Crippen MR) is 91.6 cm³/mol. The third-order valence-electron chi connectivity index (χ3n) is 4.67. The fourth-order valence-corrected chi connectivity index (χ4v) is 3.28. The van der Waals surface area contributed by atoms with Crippen molar-refractivity contribution in [2.24, 2.45) is 0 Å². The van der Waals surface area contributed by atoms with Crippen molar-refractivity contribution in [3.8, 4) is 0 Å². The number of carbonyl (C=O) groups is 2. The van der Waals surface area contributed by atoms with E-state index in [-0.39, 0.29) is 11.8 Å². The highest BCUT2D eigenvalue weighted by Crippen LogP contribution is 2.26. The molecule has 24 heavy (non-hydrogen) atoms. The molecule has 2 aromatic rings. The van der Waals surface area contributed by atoms with Crippen LogP contribution in [0, 0.1) is 13.8 Å². The molecule has 2 N–H and O–H groups in total. The fraction of sp³-hybridized carbons (Fsp3) is 0.529. The monoisotopic (exact) mass is 329 g/mol. The Bertz CT molecular complexity index is 783. The maximum Gasteiger partial charge on any atom is 0.248 e. The van der Waals surface area contributed by atoms with Crippen LogP contribution in [-0.4, -0.2) is 44.3 Å². The maximum absolute atomic E-state index is 12.7. The highest BCUT2D eigenvalue weighted by molar-refractivity contribution is 6.03. The van der Waals surface area contributed by atoms with Gasteiger partial charge in [0.25, 0.3) is 0 Å². The van der Waals surface area contributed by atoms with Crippen LogP contribution in [0.25, 0.3) is 11.0 Å². The summed E-state index contributed by atoms with van der Waals surface area (Å²) < 4.78 is 0. The molecule has 2 aromatic heterocycles. The van der Waals surface area contributed by atoms with E-state index in [0.717, 1.165) is 29.5 Å². The standard InChI is InChI=1S/C17H23N5O2/c1-4-6-13(23)22-8-5-7-12(22)17(24)21-16-14-10(2)11(3)20-15(14)18-9-19-16/h9,12H,4-8H2,1-3H3,(H2,18,19,20,21,24)/t12-/m0/s1. The zero-order chi connectivity index (χ0) is 17.3. The Balaban J connectivity index is 1.83. The summed E-state index contributed by atoms with van der Waals surface area (Å²) in [6.45, 7) is 6.56. The lowest BCUT2D eigenvalue weighted by Gasteiger charge is -2.23. The molecule has 1 aliphatic heterocycles. The lowest BCUT2D eigenvalue weighted by molar-refractivity contribution is -0.136. The molecule has 3 rings (SSSR count). The van der Waals surface area contributed by atoms with Crippen molar-refractivity contribution in [1.82, 2.24) is 19.9 Å². The van der Waals surface area contributed by atoms with Crippen LogP contribution in [0.5, 0.6) is 0 Å². The van der Waals surface area contributed by atoms with Crippen molar-refractivity contribution in [3.05, 3.63) is 17.6 Å². The number of nitrogens with one attached hydrogen (secondary N) is 2. The van der Waals surface area contributed by atoms with E-state index in [0.29, 0.717) is 30.9 Å². The van der Waals surface area contributed by atoms with Crippen LogP contribution >= 0.6 is 0 Å². The number of aromatic amines is 1. The second kappa shape index (κ2) is 6.59. The number of aryl methyl sites for hydroxylation is 2. The van der Waals surface area contributed by atoms with Gasteiger partial charge in [-0.2, -0.15) is 0 Å². The minimum absolute atomic E-state index is 0.0525. The Kier molecular flexibility index (Phi) is 4.51. The van der Waals surface area contributed by atoms with Crippen molar-refractivity contribution in [1.29, 1.82) is 0 Å². The first-order valence-electron chi connectivity index (χ1n) is 8.43. The Morgan fingerprint density at radius 2 is 2.17 bits per heavy atom. The molecule has 1 fully saturated rings. The summed E-state index contributed by atoms with van der Waals surface area (Å²) in [5, 5.41) is 3.73. The van der Waals surface area contributed by atoms with Crippen molar-refractivity contribution in [2.45, 2.75) is 52.5 Å². The van der Waals surface area contributed by atoms with Gasteiger partial charge in [0, 0.05) is 18.7 Å². The highest BCUT2D eigenvalue weighted by Gasteiger charge is 2.34. The van der Waals surface area contributed by atoms with Gasteiger partial charge in [0.2, 0.25) is 11.8 Å². The molecule has 0 aromatic carbocycles. The number of H-pyrrole nitrogens is 1. The number of hydrogen-bond donors (Lipinski definition) is 2. The molecule has 3 heterocycles. The van der Waals surface area contributed by atoms with Gasteiger partial charge in [-0.1, -0.05) is 6.92 Å². The number of likely N-dealkylation sites (tertiary alicyclic amines) is 1. The lowest BCUT2D eigenvalue weighted by Crippen LogP contribution is -2.43. The zero-order valence-electron chi connectivity index (χ0n) is 14.3. The molecule has 0 saturated carbocycles. The van der Waals surface area contributed by atoms with E-state index in [1.54, 1.807) is 4.90 Å². The van der Waals surface area contributed by atoms with E-state index in [9.17, 15) is 9.59 Å². The zero-order valence-corrected chi connectivity index (χ0v) is 14.3. The van der Waals surface area contributed by atoms with Gasteiger partial charge in [0.1, 0.15) is 23.8 Å². The smallest absolute Gasteiger partial charge is 0.248 e. The summed E-state index contributed by atoms with van der Waals surface area (Å²) >= 11 is 0. The predicted octanol–water partition coefficient (Wildman–Crippen LogP) is 2.30. The van der Waals surface area contributed by atoms with Crippen LogP contribution < -0.4 is 5.32 Å². The number of nitrogens with zero attached hydrogens (tertiary/aromatic N) is 3. The average Bonchev–Trinajstić information content (AvgIpc) is 3.14. The van der Waals surface area contributed by atoms with Crippen LogP contribution in [0.1, 0.15) is 43.9 Å². The number of aromatic nitrogens is 3. The van der Waals surface area contributed by atoms with Gasteiger partial charge in [-0.15, -0.1) is 0 Å². The summed E-state index contributed by atoms with van der Waals surface area (Å²) in [6.07, 6.45) is 4.26. The molecular weight excluding hydrogens is 306 g/mol. The van der Waals surface area contributed by atoms with Gasteiger partial charge in [-0.25, -0.2) is 9.97 Å². The number of fused-ring (bicyclic) bond motifs is 1. The molecule has 1 atom stereocenters. The third kappa shape index (κ3) is 2.86. The number of carbonyl (C=O) groups excluding carboxylic acids is 2. The topological polar surface area (TPSA) is 91.0 Å². The molecule has 7 nitrogen and oxygen atoms in total. The van der Waals surface area contributed by atoms with Gasteiger partial charge in [0.05, 0.1) is 5.39 Å². The molecule has 1 saturated heterocycles. The van der Waals surface area contributed by atoms with Crippen LogP contribution in [-0.2, 0) is 9.59 Å². The van der Waals surface area contributed by atoms with Gasteiger partial charge >= 0.3 is 0 Å². The minimum Gasteiger partial charge on any atom is -0.343 e. The molecule has 128 valence electrons. The average molecular weight is 329 g/mol. The largest absolute Gasteiger partial charge is 0.343 e. The molecule has 0 aliphatic carbocycles. The van der Waals surface area contributed by atoms with Crippen LogP contribution in [0.15, 0.2) is 6.33 Å². The van der Waals surface area contributed by atoms with Crippen LogP contribution in [0.2, 0.25) is 0 Å². The lowest BCUT2D eigenvalue weighted by atomic mass is 10.1. The number of rotatable bonds is 4. The normalized spacial score (nSPS) is 17.5. The molecule has 0 bridgehead atoms. The molecule has 0 radical (unpaired) electrons. The SMILES string of the molecule is CCCC(=O)N1CCC[C@H]1C(=O)Nc1ncnc2[nH]c(C)c(C)c12. The van der Waals surface area contributed by atoms with E-state index in [2.05, 4.69) is 20.3 Å². The summed E-state index contributed by atoms with van der Waals surface area (Å²) in [7, 11) is 0. The molecule has 1 aliphatic rings. The van der Waals surface area contributed by atoms with E-state index in [4.69, 9.17) is 0 Å². The maximum atomic E-state index is 12.7. The van der Waals surface area contributed by atoms with Gasteiger partial charge in [0.15, 0.2) is 0 Å². The third-order valence-corrected chi connectivity index (χ3v) is 4.67. The minimum atomic E-state index is -0.408. The Hall–Kier alpha value is -2.44. The van der Waals surface area contributed by atoms with Gasteiger partial charge in [-0.3, -0.25) is 9.59 Å². The molecule has 2 amide bonds. The number of anilines is 1. The Labute approximate surface area is 140 Å². The van der Waals surface area contributed by atoms with Crippen molar-refractivity contribution < 1.29 is 9.59 Å². The number of hydrogen-bond acceptors (Lipinski definition) is 4. The van der Waals surface area contributed by atoms with E-state index < -0.39 is 6.04 Å². The second-order valence-electron chi connectivity index (χ2n) is 6.31. The summed E-state index contributed by atoms with van der Waals surface area (Å²) in [5.41, 5.74) is 2.73. The fourth-order valence-electron chi connectivity index (χ4n) is 3.28. The first-order valence-corrected chi connectivity index (χ1v) is 8.43. The Morgan fingerprint density at radius 1 is 1.38 bits per heavy atom. The van der Waals surface area contributed by atoms with E-state index >= 15 is 0 Å².